The predicted molar refractivity (Wildman–Crippen MR) is 61.8 cm³/mol. The molecule has 0 aromatic carbocycles. The molecule has 1 unspecified atom stereocenters. The van der Waals surface area contributed by atoms with Crippen LogP contribution in [0.1, 0.15) is 28.7 Å². The highest BCUT2D eigenvalue weighted by Crippen LogP contribution is 2.15. The van der Waals surface area contributed by atoms with Gasteiger partial charge in [-0.15, -0.1) is 0 Å². The van der Waals surface area contributed by atoms with Gasteiger partial charge in [0, 0.05) is 18.1 Å². The van der Waals surface area contributed by atoms with Gasteiger partial charge in [0.25, 0.3) is 0 Å². The number of nitrogens with zero attached hydrogens (tertiary/aromatic N) is 3. The molecule has 2 rings (SSSR count). The molecule has 0 amide bonds. The maximum atomic E-state index is 6.07. The third-order valence-electron chi connectivity index (χ3n) is 2.41. The second-order valence-electron chi connectivity index (χ2n) is 3.79. The molecule has 0 aliphatic carbocycles. The molecule has 2 aromatic heterocycles. The number of hydrogen-bond acceptors (Lipinski definition) is 4. The van der Waals surface area contributed by atoms with Crippen molar-refractivity contribution in [2.24, 2.45) is 5.73 Å². The summed E-state index contributed by atoms with van der Waals surface area (Å²) in [5.74, 6) is 0. The Hall–Kier alpha value is -1.81. The lowest BCUT2D eigenvalue weighted by Gasteiger charge is -2.10. The molecule has 4 nitrogen and oxygen atoms in total. The molecule has 2 heterocycles. The van der Waals surface area contributed by atoms with Crippen molar-refractivity contribution >= 4 is 0 Å². The fraction of sp³-hybridized carbons (Fsp3) is 0.250. The van der Waals surface area contributed by atoms with Crippen LogP contribution in [0, 0.1) is 13.8 Å². The third kappa shape index (κ3) is 2.23. The van der Waals surface area contributed by atoms with Crippen molar-refractivity contribution in [2.75, 3.05) is 0 Å². The minimum Gasteiger partial charge on any atom is -0.319 e. The summed E-state index contributed by atoms with van der Waals surface area (Å²) in [6.45, 7) is 3.84. The number of hydrogen-bond donors (Lipinski definition) is 1. The van der Waals surface area contributed by atoms with E-state index >= 15 is 0 Å². The number of aryl methyl sites for hydroxylation is 2. The van der Waals surface area contributed by atoms with Gasteiger partial charge in [0.2, 0.25) is 0 Å². The molecule has 2 N–H and O–H groups in total. The van der Waals surface area contributed by atoms with Crippen LogP contribution in [0.2, 0.25) is 0 Å². The molecule has 0 bridgehead atoms. The Morgan fingerprint density at radius 2 is 1.69 bits per heavy atom. The average Bonchev–Trinajstić information content (AvgIpc) is 2.30. The van der Waals surface area contributed by atoms with Gasteiger partial charge in [0.1, 0.15) is 0 Å². The van der Waals surface area contributed by atoms with Crippen molar-refractivity contribution in [1.29, 1.82) is 0 Å². The summed E-state index contributed by atoms with van der Waals surface area (Å²) in [4.78, 5) is 12.7. The van der Waals surface area contributed by atoms with Gasteiger partial charge in [0.05, 0.1) is 23.6 Å². The molecule has 0 spiro atoms. The quantitative estimate of drug-likeness (QED) is 0.823. The van der Waals surface area contributed by atoms with E-state index in [0.717, 1.165) is 22.6 Å². The first-order chi connectivity index (χ1) is 7.66. The maximum Gasteiger partial charge on any atom is 0.0800 e. The Morgan fingerprint density at radius 1 is 0.938 bits per heavy atom. The molecule has 4 heteroatoms. The first-order valence-corrected chi connectivity index (χ1v) is 5.13. The average molecular weight is 214 g/mol. The van der Waals surface area contributed by atoms with Crippen LogP contribution in [0.4, 0.5) is 0 Å². The van der Waals surface area contributed by atoms with E-state index in [1.165, 1.54) is 0 Å². The van der Waals surface area contributed by atoms with Gasteiger partial charge in [-0.2, -0.15) is 0 Å². The summed E-state index contributed by atoms with van der Waals surface area (Å²) in [7, 11) is 0. The van der Waals surface area contributed by atoms with Gasteiger partial charge in [-0.3, -0.25) is 15.0 Å². The summed E-state index contributed by atoms with van der Waals surface area (Å²) in [5, 5.41) is 0. The highest BCUT2D eigenvalue weighted by molar-refractivity contribution is 5.24. The van der Waals surface area contributed by atoms with Crippen LogP contribution in [-0.2, 0) is 0 Å². The SMILES string of the molecule is Cc1ccc(C(N)c2cnc(C)cn2)cn1. The smallest absolute Gasteiger partial charge is 0.0800 e. The molecule has 82 valence electrons. The zero-order valence-electron chi connectivity index (χ0n) is 9.38. The minimum atomic E-state index is -0.263. The summed E-state index contributed by atoms with van der Waals surface area (Å²) in [6, 6.07) is 3.65. The lowest BCUT2D eigenvalue weighted by Crippen LogP contribution is -2.14. The standard InChI is InChI=1S/C12H14N4/c1-8-3-4-10(6-14-8)12(13)11-7-15-9(2)5-16-11/h3-7,12H,13H2,1-2H3. The number of aromatic nitrogens is 3. The summed E-state index contributed by atoms with van der Waals surface area (Å²) < 4.78 is 0. The molecule has 0 saturated carbocycles. The molecule has 1 atom stereocenters. The van der Waals surface area contributed by atoms with E-state index in [0.29, 0.717) is 0 Å². The fourth-order valence-corrected chi connectivity index (χ4v) is 1.40. The maximum absolute atomic E-state index is 6.07. The molecule has 0 saturated heterocycles. The molecule has 2 aromatic rings. The van der Waals surface area contributed by atoms with E-state index in [1.54, 1.807) is 18.6 Å². The van der Waals surface area contributed by atoms with Gasteiger partial charge < -0.3 is 5.73 Å². The number of rotatable bonds is 2. The monoisotopic (exact) mass is 214 g/mol. The Morgan fingerprint density at radius 3 is 2.25 bits per heavy atom. The summed E-state index contributed by atoms with van der Waals surface area (Å²) in [6.07, 6.45) is 5.21. The molecule has 0 radical (unpaired) electrons. The van der Waals surface area contributed by atoms with Crippen LogP contribution in [0.15, 0.2) is 30.7 Å². The highest BCUT2D eigenvalue weighted by atomic mass is 14.8. The Kier molecular flexibility index (Phi) is 2.92. The van der Waals surface area contributed by atoms with E-state index in [9.17, 15) is 0 Å². The topological polar surface area (TPSA) is 64.7 Å². The lowest BCUT2D eigenvalue weighted by molar-refractivity contribution is 0.806. The Balaban J connectivity index is 2.28. The van der Waals surface area contributed by atoms with Crippen LogP contribution in [0.5, 0.6) is 0 Å². The predicted octanol–water partition coefficient (Wildman–Crippen LogP) is 1.54. The van der Waals surface area contributed by atoms with E-state index in [1.807, 2.05) is 26.0 Å². The molecule has 0 fully saturated rings. The first-order valence-electron chi connectivity index (χ1n) is 5.13. The summed E-state index contributed by atoms with van der Waals surface area (Å²) >= 11 is 0. The molecular formula is C12H14N4. The van der Waals surface area contributed by atoms with Crippen molar-refractivity contribution in [1.82, 2.24) is 15.0 Å². The zero-order valence-corrected chi connectivity index (χ0v) is 9.38. The van der Waals surface area contributed by atoms with Gasteiger partial charge in [0.15, 0.2) is 0 Å². The van der Waals surface area contributed by atoms with Gasteiger partial charge in [-0.05, 0) is 25.5 Å². The molecule has 0 aliphatic heterocycles. The van der Waals surface area contributed by atoms with Crippen LogP contribution >= 0.6 is 0 Å². The van der Waals surface area contributed by atoms with Crippen LogP contribution < -0.4 is 5.73 Å². The van der Waals surface area contributed by atoms with Crippen molar-refractivity contribution in [3.8, 4) is 0 Å². The number of nitrogens with two attached hydrogens (primary N) is 1. The Bertz CT molecular complexity index is 416. The number of pyridine rings is 1. The van der Waals surface area contributed by atoms with Crippen molar-refractivity contribution in [2.45, 2.75) is 19.9 Å². The first kappa shape index (κ1) is 10.7. The van der Waals surface area contributed by atoms with Crippen LogP contribution in [0.3, 0.4) is 0 Å². The van der Waals surface area contributed by atoms with Gasteiger partial charge in [-0.25, -0.2) is 0 Å². The largest absolute Gasteiger partial charge is 0.319 e. The van der Waals surface area contributed by atoms with Crippen LogP contribution in [-0.4, -0.2) is 15.0 Å². The Labute approximate surface area is 94.6 Å². The molecule has 16 heavy (non-hydrogen) atoms. The van der Waals surface area contributed by atoms with E-state index in [-0.39, 0.29) is 6.04 Å². The van der Waals surface area contributed by atoms with Gasteiger partial charge in [-0.1, -0.05) is 6.07 Å². The summed E-state index contributed by atoms with van der Waals surface area (Å²) in [5.41, 5.74) is 9.65. The van der Waals surface area contributed by atoms with Crippen molar-refractivity contribution in [3.63, 3.8) is 0 Å². The lowest BCUT2D eigenvalue weighted by atomic mass is 10.1. The van der Waals surface area contributed by atoms with Crippen molar-refractivity contribution < 1.29 is 0 Å². The second kappa shape index (κ2) is 4.37. The second-order valence-corrected chi connectivity index (χ2v) is 3.79. The van der Waals surface area contributed by atoms with Crippen LogP contribution in [0.25, 0.3) is 0 Å². The highest BCUT2D eigenvalue weighted by Gasteiger charge is 2.10. The molecular weight excluding hydrogens is 200 g/mol. The van der Waals surface area contributed by atoms with E-state index in [4.69, 9.17) is 5.73 Å². The minimum absolute atomic E-state index is 0.263. The normalized spacial score (nSPS) is 12.4. The molecule has 0 aliphatic rings. The fourth-order valence-electron chi connectivity index (χ4n) is 1.40. The van der Waals surface area contributed by atoms with E-state index in [2.05, 4.69) is 15.0 Å². The van der Waals surface area contributed by atoms with Gasteiger partial charge >= 0.3 is 0 Å². The third-order valence-corrected chi connectivity index (χ3v) is 2.41. The zero-order chi connectivity index (χ0) is 11.5. The van der Waals surface area contributed by atoms with Crippen molar-refractivity contribution in [3.05, 3.63) is 53.4 Å². The van der Waals surface area contributed by atoms with E-state index < -0.39 is 0 Å².